The Morgan fingerprint density at radius 3 is 2.25 bits per heavy atom. The van der Waals surface area contributed by atoms with Crippen molar-refractivity contribution in [3.8, 4) is 5.69 Å². The van der Waals surface area contributed by atoms with E-state index in [2.05, 4.69) is 71.3 Å². The van der Waals surface area contributed by atoms with Crippen molar-refractivity contribution in [3.05, 3.63) is 78.9 Å². The second kappa shape index (κ2) is 5.51. The molecule has 0 amide bonds. The van der Waals surface area contributed by atoms with Crippen LogP contribution in [0.4, 0.5) is 0 Å². The number of para-hydroxylation sites is 2. The van der Waals surface area contributed by atoms with Crippen LogP contribution < -0.4 is 0 Å². The van der Waals surface area contributed by atoms with E-state index in [1.54, 1.807) is 0 Å². The van der Waals surface area contributed by atoms with Crippen molar-refractivity contribution < 1.29 is 32.7 Å². The summed E-state index contributed by atoms with van der Waals surface area (Å²) in [5.74, 6) is 0. The van der Waals surface area contributed by atoms with E-state index in [-0.39, 0.29) is 32.7 Å². The minimum absolute atomic E-state index is 0. The van der Waals surface area contributed by atoms with Crippen molar-refractivity contribution >= 4 is 21.8 Å². The first-order valence-corrected chi connectivity index (χ1v) is 6.40. The second-order valence-electron chi connectivity index (χ2n) is 4.63. The normalized spacial score (nSPS) is 10.6. The summed E-state index contributed by atoms with van der Waals surface area (Å²) in [5.41, 5.74) is 3.66. The third-order valence-electron chi connectivity index (χ3n) is 3.53. The first-order valence-electron chi connectivity index (χ1n) is 6.40. The molecule has 0 atom stereocenters. The van der Waals surface area contributed by atoms with Gasteiger partial charge in [0.2, 0.25) is 0 Å². The van der Waals surface area contributed by atoms with Gasteiger partial charge < -0.3 is 4.57 Å². The number of nitrogens with zero attached hydrogens (tertiary/aromatic N) is 1. The molecule has 0 aliphatic heterocycles. The number of hydrogen-bond acceptors (Lipinski definition) is 0. The maximum absolute atomic E-state index is 3.18. The van der Waals surface area contributed by atoms with Gasteiger partial charge in [-0.1, -0.05) is 41.9 Å². The van der Waals surface area contributed by atoms with Gasteiger partial charge in [0.15, 0.2) is 0 Å². The summed E-state index contributed by atoms with van der Waals surface area (Å²) in [6, 6.07) is 28.3. The Bertz CT molecular complexity index is 809. The molecule has 0 spiro atoms. The Morgan fingerprint density at radius 1 is 0.700 bits per heavy atom. The molecule has 0 saturated heterocycles. The largest absolute Gasteiger partial charge is 0.334 e. The quantitative estimate of drug-likeness (QED) is 0.450. The number of rotatable bonds is 1. The van der Waals surface area contributed by atoms with Gasteiger partial charge in [-0.25, -0.2) is 0 Å². The van der Waals surface area contributed by atoms with Crippen molar-refractivity contribution in [3.63, 3.8) is 0 Å². The Morgan fingerprint density at radius 2 is 1.40 bits per heavy atom. The Kier molecular flexibility index (Phi) is 3.73. The smallest absolute Gasteiger partial charge is 0.0438 e. The molecule has 1 heterocycles. The number of aromatic nitrogens is 1. The Hall–Kier alpha value is -1.44. The number of hydrogen-bond donors (Lipinski definition) is 0. The summed E-state index contributed by atoms with van der Waals surface area (Å²) >= 11 is 0. The molecule has 1 radical (unpaired) electrons. The number of benzene rings is 3. The molecule has 1 aromatic heterocycles. The average molecular weight is 331 g/mol. The topological polar surface area (TPSA) is 4.93 Å². The summed E-state index contributed by atoms with van der Waals surface area (Å²) < 4.78 is 2.30. The first-order chi connectivity index (χ1) is 9.45. The molecule has 0 aliphatic rings. The van der Waals surface area contributed by atoms with Crippen molar-refractivity contribution in [2.75, 3.05) is 0 Å². The second-order valence-corrected chi connectivity index (χ2v) is 4.63. The van der Waals surface area contributed by atoms with E-state index < -0.39 is 0 Å². The average Bonchev–Trinajstić information content (AvgIpc) is 2.83. The molecule has 0 fully saturated rings. The van der Waals surface area contributed by atoms with E-state index in [1.807, 2.05) is 12.1 Å². The number of fused-ring (bicyclic) bond motifs is 3. The zero-order valence-electron chi connectivity index (χ0n) is 11.0. The molecule has 0 bridgehead atoms. The maximum atomic E-state index is 3.18. The molecule has 2 heteroatoms. The zero-order chi connectivity index (χ0) is 12.7. The van der Waals surface area contributed by atoms with E-state index in [1.165, 1.54) is 27.5 Å². The van der Waals surface area contributed by atoms with Crippen molar-refractivity contribution in [2.24, 2.45) is 0 Å². The molecule has 0 saturated carbocycles. The molecule has 4 aromatic rings. The van der Waals surface area contributed by atoms with Gasteiger partial charge >= 0.3 is 0 Å². The SMILES string of the molecule is [Y].[c-]1ccc2c(c1)c1ccccc1n2-c1ccccc1. The molecule has 0 unspecified atom stereocenters. The maximum Gasteiger partial charge on any atom is 0.0438 e. The van der Waals surface area contributed by atoms with Crippen molar-refractivity contribution in [1.29, 1.82) is 0 Å². The molecule has 3 aromatic carbocycles. The summed E-state index contributed by atoms with van der Waals surface area (Å²) in [4.78, 5) is 0. The van der Waals surface area contributed by atoms with E-state index in [0.717, 1.165) is 0 Å². The predicted octanol–water partition coefficient (Wildman–Crippen LogP) is 4.58. The van der Waals surface area contributed by atoms with E-state index in [9.17, 15) is 0 Å². The Balaban J connectivity index is 0.00000121. The minimum Gasteiger partial charge on any atom is -0.334 e. The van der Waals surface area contributed by atoms with Crippen LogP contribution in [0.5, 0.6) is 0 Å². The molecular formula is C18H12NY-. The van der Waals surface area contributed by atoms with Gasteiger partial charge in [0.05, 0.1) is 0 Å². The zero-order valence-corrected chi connectivity index (χ0v) is 13.8. The van der Waals surface area contributed by atoms with Gasteiger partial charge in [-0.3, -0.25) is 0 Å². The van der Waals surface area contributed by atoms with Crippen LogP contribution in [-0.4, -0.2) is 4.57 Å². The van der Waals surface area contributed by atoms with Crippen LogP contribution in [0, 0.1) is 6.07 Å². The fraction of sp³-hybridized carbons (Fsp3) is 0. The van der Waals surface area contributed by atoms with Gasteiger partial charge in [-0.15, -0.1) is 11.5 Å². The van der Waals surface area contributed by atoms with Crippen LogP contribution in [0.15, 0.2) is 72.8 Å². The van der Waals surface area contributed by atoms with Crippen LogP contribution in [0.25, 0.3) is 27.5 Å². The van der Waals surface area contributed by atoms with Gasteiger partial charge in [-0.2, -0.15) is 18.2 Å². The summed E-state index contributed by atoms with van der Waals surface area (Å²) in [6.45, 7) is 0. The van der Waals surface area contributed by atoms with Crippen LogP contribution in [0.3, 0.4) is 0 Å². The van der Waals surface area contributed by atoms with Crippen molar-refractivity contribution in [2.45, 2.75) is 0 Å². The van der Waals surface area contributed by atoms with Gasteiger partial charge in [0, 0.05) is 43.9 Å². The van der Waals surface area contributed by atoms with E-state index in [4.69, 9.17) is 0 Å². The van der Waals surface area contributed by atoms with Gasteiger partial charge in [0.25, 0.3) is 0 Å². The van der Waals surface area contributed by atoms with Crippen molar-refractivity contribution in [1.82, 2.24) is 4.57 Å². The molecule has 20 heavy (non-hydrogen) atoms. The molecule has 1 nitrogen and oxygen atoms in total. The van der Waals surface area contributed by atoms with Crippen LogP contribution in [-0.2, 0) is 32.7 Å². The van der Waals surface area contributed by atoms with Crippen LogP contribution in [0.2, 0.25) is 0 Å². The third-order valence-corrected chi connectivity index (χ3v) is 3.53. The van der Waals surface area contributed by atoms with Crippen LogP contribution >= 0.6 is 0 Å². The fourth-order valence-electron chi connectivity index (χ4n) is 2.71. The molecule has 93 valence electrons. The van der Waals surface area contributed by atoms with Crippen LogP contribution in [0.1, 0.15) is 0 Å². The standard InChI is InChI=1S/C18H12N.Y/c1-2-8-14(9-3-1)19-17-12-6-4-10-15(17)16-11-5-7-13-18(16)19;/h1-4,6-13H;/q-1;. The molecular weight excluding hydrogens is 319 g/mol. The first kappa shape index (κ1) is 13.5. The summed E-state index contributed by atoms with van der Waals surface area (Å²) in [5, 5.41) is 2.53. The van der Waals surface area contributed by atoms with Gasteiger partial charge in [0.1, 0.15) is 0 Å². The predicted molar refractivity (Wildman–Crippen MR) is 79.6 cm³/mol. The molecule has 4 rings (SSSR count). The minimum atomic E-state index is 0. The molecule has 0 N–H and O–H groups in total. The van der Waals surface area contributed by atoms with E-state index >= 15 is 0 Å². The fourth-order valence-corrected chi connectivity index (χ4v) is 2.71. The van der Waals surface area contributed by atoms with Gasteiger partial charge in [-0.05, 0) is 23.6 Å². The molecule has 0 aliphatic carbocycles. The monoisotopic (exact) mass is 331 g/mol. The summed E-state index contributed by atoms with van der Waals surface area (Å²) in [7, 11) is 0. The summed E-state index contributed by atoms with van der Waals surface area (Å²) in [6.07, 6.45) is 0. The third kappa shape index (κ3) is 2.02. The van der Waals surface area contributed by atoms with E-state index in [0.29, 0.717) is 0 Å². The Labute approximate surface area is 143 Å².